The molecule has 1 aromatic heterocycles. The number of aliphatic imine (C=N–C) groups is 1. The summed E-state index contributed by atoms with van der Waals surface area (Å²) in [6.45, 7) is 1.93. The summed E-state index contributed by atoms with van der Waals surface area (Å²) >= 11 is 0. The number of nitrogens with zero attached hydrogens (tertiary/aromatic N) is 3. The van der Waals surface area contributed by atoms with Crippen LogP contribution >= 0.6 is 0 Å². The van der Waals surface area contributed by atoms with Crippen molar-refractivity contribution in [3.05, 3.63) is 59.3 Å². The highest BCUT2D eigenvalue weighted by molar-refractivity contribution is 6.30. The maximum atomic E-state index is 13.2. The van der Waals surface area contributed by atoms with E-state index in [0.717, 1.165) is 11.1 Å². The molecule has 2 N–H and O–H groups in total. The van der Waals surface area contributed by atoms with Gasteiger partial charge >= 0.3 is 0 Å². The number of hydrogen-bond acceptors (Lipinski definition) is 4. The van der Waals surface area contributed by atoms with E-state index < -0.39 is 11.5 Å². The van der Waals surface area contributed by atoms with Crippen molar-refractivity contribution in [2.45, 2.75) is 37.1 Å². The van der Waals surface area contributed by atoms with Gasteiger partial charge in [-0.1, -0.05) is 24.3 Å². The zero-order valence-corrected chi connectivity index (χ0v) is 15.0. The minimum atomic E-state index is -0.841. The van der Waals surface area contributed by atoms with Crippen LogP contribution in [0, 0.1) is 0 Å². The lowest BCUT2D eigenvalue weighted by atomic mass is 9.74. The average Bonchev–Trinajstić information content (AvgIpc) is 3.46. The van der Waals surface area contributed by atoms with E-state index in [-0.39, 0.29) is 11.9 Å². The van der Waals surface area contributed by atoms with Crippen molar-refractivity contribution in [1.82, 2.24) is 9.88 Å². The number of aromatic nitrogens is 1. The highest BCUT2D eigenvalue weighted by Crippen LogP contribution is 2.45. The van der Waals surface area contributed by atoms with Crippen molar-refractivity contribution < 1.29 is 4.79 Å². The maximum absolute atomic E-state index is 13.2. The van der Waals surface area contributed by atoms with Gasteiger partial charge in [0.2, 0.25) is 5.91 Å². The summed E-state index contributed by atoms with van der Waals surface area (Å²) in [6, 6.07) is 12.0. The average molecular weight is 344 g/mol. The van der Waals surface area contributed by atoms with E-state index in [9.17, 15) is 4.79 Å². The first-order chi connectivity index (χ1) is 12.4. The molecule has 2 atom stereocenters. The monoisotopic (exact) mass is 344 g/mol. The summed E-state index contributed by atoms with van der Waals surface area (Å²) < 4.78 is 0. The van der Waals surface area contributed by atoms with Crippen molar-refractivity contribution in [2.75, 3.05) is 7.05 Å². The first kappa shape index (κ1) is 16.8. The largest absolute Gasteiger partial charge is 0.369 e. The second kappa shape index (κ2) is 5.97. The molecule has 1 aliphatic heterocycles. The van der Waals surface area contributed by atoms with E-state index >= 15 is 0 Å². The first-order valence-corrected chi connectivity index (χ1v) is 8.85. The number of nitrogens with two attached hydrogens (primary N) is 1. The number of rotatable bonds is 3. The molecular weight excluding hydrogens is 323 g/mol. The quantitative estimate of drug-likeness (QED) is 0.859. The van der Waals surface area contributed by atoms with E-state index in [1.165, 1.54) is 23.3 Å². The van der Waals surface area contributed by atoms with Gasteiger partial charge in [-0.3, -0.25) is 14.7 Å². The van der Waals surface area contributed by atoms with Crippen LogP contribution in [0.4, 0.5) is 0 Å². The molecule has 0 saturated heterocycles. The van der Waals surface area contributed by atoms with Gasteiger partial charge in [-0.2, -0.15) is 0 Å². The molecule has 0 spiro atoms. The molecule has 5 nitrogen and oxygen atoms in total. The van der Waals surface area contributed by atoms with Gasteiger partial charge in [0.1, 0.15) is 13.4 Å². The summed E-state index contributed by atoms with van der Waals surface area (Å²) in [4.78, 5) is 23.3. The Balaban J connectivity index is 1.84. The Bertz CT molecular complexity index is 891. The van der Waals surface area contributed by atoms with Crippen LogP contribution in [0.25, 0.3) is 0 Å². The summed E-state index contributed by atoms with van der Waals surface area (Å²) in [6.07, 6.45) is 4.14. The summed E-state index contributed by atoms with van der Waals surface area (Å²) in [5, 5.41) is 0. The van der Waals surface area contributed by atoms with Crippen LogP contribution in [-0.4, -0.2) is 36.6 Å². The lowest BCUT2D eigenvalue weighted by Crippen LogP contribution is -2.52. The Morgan fingerprint density at radius 1 is 1.19 bits per heavy atom. The molecule has 2 radical (unpaired) electrons. The standard InChI is InChI=1S/C20H21BN4O/c1-20(15-9-10-23-16(21)11-15)17(18(26)25(2)19(22)24-20)14-7-5-13(6-8-14)12-3-4-12/h5-12,17H,3-4H2,1-2H3,(H2,22,24)/t17-,20-/m1/s1. The highest BCUT2D eigenvalue weighted by Gasteiger charge is 2.47. The molecule has 1 aromatic carbocycles. The van der Waals surface area contributed by atoms with E-state index in [2.05, 4.69) is 17.1 Å². The number of carbonyl (C=O) groups excluding carboxylic acids is 1. The Morgan fingerprint density at radius 3 is 2.46 bits per heavy atom. The molecule has 130 valence electrons. The predicted octanol–water partition coefficient (Wildman–Crippen LogP) is 1.54. The first-order valence-electron chi connectivity index (χ1n) is 8.85. The fraction of sp³-hybridized carbons (Fsp3) is 0.350. The van der Waals surface area contributed by atoms with Crippen LogP contribution in [0.2, 0.25) is 0 Å². The molecule has 1 aliphatic carbocycles. The fourth-order valence-corrected chi connectivity index (χ4v) is 3.76. The molecule has 1 fully saturated rings. The number of likely N-dealkylation sites (N-methyl/N-ethyl adjacent to an activating group) is 1. The van der Waals surface area contributed by atoms with Gasteiger partial charge in [0.25, 0.3) is 0 Å². The molecule has 6 heteroatoms. The molecule has 2 aliphatic rings. The Morgan fingerprint density at radius 2 is 1.85 bits per heavy atom. The van der Waals surface area contributed by atoms with Gasteiger partial charge in [0.05, 0.1) is 5.92 Å². The Labute approximate surface area is 154 Å². The van der Waals surface area contributed by atoms with Gasteiger partial charge < -0.3 is 5.73 Å². The summed E-state index contributed by atoms with van der Waals surface area (Å²) in [5.74, 6) is 0.331. The van der Waals surface area contributed by atoms with Gasteiger partial charge in [-0.25, -0.2) is 4.99 Å². The van der Waals surface area contributed by atoms with Gasteiger partial charge in [0, 0.05) is 13.2 Å². The second-order valence-electron chi connectivity index (χ2n) is 7.36. The van der Waals surface area contributed by atoms with E-state index in [0.29, 0.717) is 11.5 Å². The van der Waals surface area contributed by atoms with Crippen molar-refractivity contribution in [2.24, 2.45) is 10.7 Å². The van der Waals surface area contributed by atoms with Crippen LogP contribution < -0.4 is 11.3 Å². The normalized spacial score (nSPS) is 25.9. The highest BCUT2D eigenvalue weighted by atomic mass is 16.2. The third kappa shape index (κ3) is 2.70. The number of guanidine groups is 1. The zero-order valence-electron chi connectivity index (χ0n) is 15.0. The Kier molecular flexibility index (Phi) is 3.86. The minimum absolute atomic E-state index is 0.0745. The lowest BCUT2D eigenvalue weighted by molar-refractivity contribution is -0.130. The molecule has 2 heterocycles. The van der Waals surface area contributed by atoms with E-state index in [1.54, 1.807) is 19.3 Å². The van der Waals surface area contributed by atoms with Crippen molar-refractivity contribution >= 4 is 25.3 Å². The molecular formula is C20H21BN4O. The zero-order chi connectivity index (χ0) is 18.5. The third-order valence-corrected chi connectivity index (χ3v) is 5.51. The summed E-state index contributed by atoms with van der Waals surface area (Å²) in [7, 11) is 7.54. The van der Waals surface area contributed by atoms with E-state index in [1.807, 2.05) is 25.1 Å². The third-order valence-electron chi connectivity index (χ3n) is 5.51. The van der Waals surface area contributed by atoms with Crippen molar-refractivity contribution in [3.63, 3.8) is 0 Å². The fourth-order valence-electron chi connectivity index (χ4n) is 3.76. The van der Waals surface area contributed by atoms with Crippen LogP contribution in [0.15, 0.2) is 47.6 Å². The molecule has 26 heavy (non-hydrogen) atoms. The van der Waals surface area contributed by atoms with Crippen LogP contribution in [0.5, 0.6) is 0 Å². The van der Waals surface area contributed by atoms with Crippen molar-refractivity contribution in [3.8, 4) is 0 Å². The second-order valence-corrected chi connectivity index (χ2v) is 7.36. The smallest absolute Gasteiger partial charge is 0.239 e. The van der Waals surface area contributed by atoms with Gasteiger partial charge in [0.15, 0.2) is 5.96 Å². The molecule has 0 unspecified atom stereocenters. The topological polar surface area (TPSA) is 71.6 Å². The molecule has 4 rings (SSSR count). The van der Waals surface area contributed by atoms with Crippen LogP contribution in [0.3, 0.4) is 0 Å². The molecule has 0 bridgehead atoms. The van der Waals surface area contributed by atoms with Gasteiger partial charge in [-0.05, 0) is 60.1 Å². The molecule has 1 amide bonds. The maximum Gasteiger partial charge on any atom is 0.239 e. The van der Waals surface area contributed by atoms with Crippen LogP contribution in [0.1, 0.15) is 48.3 Å². The number of amides is 1. The van der Waals surface area contributed by atoms with Crippen LogP contribution in [-0.2, 0) is 10.3 Å². The Hall–Kier alpha value is -2.63. The molecule has 2 aromatic rings. The SMILES string of the molecule is [B]c1cc([C@@]2(C)N=C(N)N(C)C(=O)[C@H]2c2ccc(C3CC3)cc2)ccn1. The van der Waals surface area contributed by atoms with Crippen molar-refractivity contribution in [1.29, 1.82) is 0 Å². The van der Waals surface area contributed by atoms with E-state index in [4.69, 9.17) is 18.6 Å². The molecule has 1 saturated carbocycles. The number of benzene rings is 1. The number of hydrogen-bond donors (Lipinski definition) is 1. The summed E-state index contributed by atoms with van der Waals surface area (Å²) in [5.41, 5.74) is 8.69. The van der Waals surface area contributed by atoms with Gasteiger partial charge in [-0.15, -0.1) is 0 Å². The number of pyridine rings is 1. The predicted molar refractivity (Wildman–Crippen MR) is 103 cm³/mol. The lowest BCUT2D eigenvalue weighted by Gasteiger charge is -2.41. The minimum Gasteiger partial charge on any atom is -0.369 e. The number of carbonyl (C=O) groups is 1.